The van der Waals surface area contributed by atoms with E-state index in [9.17, 15) is 13.2 Å². The van der Waals surface area contributed by atoms with Crippen molar-refractivity contribution in [1.29, 1.82) is 0 Å². The fourth-order valence-electron chi connectivity index (χ4n) is 1.17. The first-order valence-corrected chi connectivity index (χ1v) is 4.60. The first-order valence-electron chi connectivity index (χ1n) is 4.60. The van der Waals surface area contributed by atoms with Crippen LogP contribution in [0.25, 0.3) is 0 Å². The van der Waals surface area contributed by atoms with Crippen molar-refractivity contribution in [3.8, 4) is 0 Å². The first kappa shape index (κ1) is 12.1. The van der Waals surface area contributed by atoms with Gasteiger partial charge in [-0.3, -0.25) is 0 Å². The molecule has 2 N–H and O–H groups in total. The second-order valence-electron chi connectivity index (χ2n) is 4.31. The lowest BCUT2D eigenvalue weighted by Gasteiger charge is -2.20. The summed E-state index contributed by atoms with van der Waals surface area (Å²) in [6, 6.07) is 2.29. The average molecular weight is 221 g/mol. The van der Waals surface area contributed by atoms with Crippen molar-refractivity contribution < 1.29 is 17.6 Å². The molecule has 2 nitrogen and oxygen atoms in total. The molecule has 0 saturated carbocycles. The maximum atomic E-state index is 12.2. The standard InChI is InChI=1S/C10H14F3NO/c1-9(2,6-14)5-7-3-4-8(15-7)10(11,12)13/h3-4H,5-6,14H2,1-2H3. The summed E-state index contributed by atoms with van der Waals surface area (Å²) in [5.74, 6) is -0.636. The largest absolute Gasteiger partial charge is 0.456 e. The van der Waals surface area contributed by atoms with E-state index in [-0.39, 0.29) is 5.41 Å². The third kappa shape index (κ3) is 3.27. The first-order chi connectivity index (χ1) is 6.74. The Morgan fingerprint density at radius 1 is 1.27 bits per heavy atom. The molecule has 0 radical (unpaired) electrons. The van der Waals surface area contributed by atoms with E-state index in [2.05, 4.69) is 0 Å². The lowest BCUT2D eigenvalue weighted by atomic mass is 9.88. The number of hydrogen-bond donors (Lipinski definition) is 1. The van der Waals surface area contributed by atoms with Crippen molar-refractivity contribution in [3.63, 3.8) is 0 Å². The molecule has 86 valence electrons. The van der Waals surface area contributed by atoms with Crippen LogP contribution in [0, 0.1) is 5.41 Å². The summed E-state index contributed by atoms with van der Waals surface area (Å²) in [5, 5.41) is 0. The summed E-state index contributed by atoms with van der Waals surface area (Å²) >= 11 is 0. The number of furan rings is 1. The lowest BCUT2D eigenvalue weighted by molar-refractivity contribution is -0.153. The topological polar surface area (TPSA) is 39.2 Å². The molecule has 1 aromatic rings. The van der Waals surface area contributed by atoms with Crippen LogP contribution in [0.15, 0.2) is 16.5 Å². The van der Waals surface area contributed by atoms with Gasteiger partial charge in [0.1, 0.15) is 5.76 Å². The van der Waals surface area contributed by atoms with E-state index in [4.69, 9.17) is 10.2 Å². The van der Waals surface area contributed by atoms with E-state index in [1.807, 2.05) is 13.8 Å². The van der Waals surface area contributed by atoms with Gasteiger partial charge in [0.05, 0.1) is 0 Å². The third-order valence-electron chi connectivity index (χ3n) is 2.15. The van der Waals surface area contributed by atoms with E-state index >= 15 is 0 Å². The van der Waals surface area contributed by atoms with Crippen LogP contribution >= 0.6 is 0 Å². The fourth-order valence-corrected chi connectivity index (χ4v) is 1.17. The van der Waals surface area contributed by atoms with Crippen molar-refractivity contribution in [3.05, 3.63) is 23.7 Å². The van der Waals surface area contributed by atoms with Gasteiger partial charge in [0.25, 0.3) is 0 Å². The van der Waals surface area contributed by atoms with Gasteiger partial charge in [-0.1, -0.05) is 13.8 Å². The minimum absolute atomic E-state index is 0.249. The molecule has 0 aliphatic heterocycles. The van der Waals surface area contributed by atoms with E-state index in [1.165, 1.54) is 6.07 Å². The maximum absolute atomic E-state index is 12.2. The van der Waals surface area contributed by atoms with Gasteiger partial charge in [-0.2, -0.15) is 13.2 Å². The van der Waals surface area contributed by atoms with Crippen LogP contribution in [0.1, 0.15) is 25.4 Å². The molecule has 15 heavy (non-hydrogen) atoms. The van der Waals surface area contributed by atoms with Crippen LogP contribution in [0.4, 0.5) is 13.2 Å². The van der Waals surface area contributed by atoms with Gasteiger partial charge in [-0.25, -0.2) is 0 Å². The van der Waals surface area contributed by atoms with Crippen molar-refractivity contribution in [2.75, 3.05) is 6.54 Å². The average Bonchev–Trinajstić information content (AvgIpc) is 2.51. The zero-order chi connectivity index (χ0) is 11.7. The summed E-state index contributed by atoms with van der Waals surface area (Å²) in [7, 11) is 0. The highest BCUT2D eigenvalue weighted by Crippen LogP contribution is 2.32. The Kier molecular flexibility index (Phi) is 3.13. The molecule has 0 amide bonds. The molecular weight excluding hydrogens is 207 g/mol. The molecule has 1 aromatic heterocycles. The summed E-state index contributed by atoms with van der Waals surface area (Å²) in [6.45, 7) is 4.15. The summed E-state index contributed by atoms with van der Waals surface area (Å²) in [6.07, 6.45) is -4.01. The molecule has 0 unspecified atom stereocenters. The van der Waals surface area contributed by atoms with E-state index in [0.29, 0.717) is 18.7 Å². The highest BCUT2D eigenvalue weighted by Gasteiger charge is 2.35. The maximum Gasteiger partial charge on any atom is 0.449 e. The second-order valence-corrected chi connectivity index (χ2v) is 4.31. The number of rotatable bonds is 3. The Morgan fingerprint density at radius 3 is 2.27 bits per heavy atom. The predicted molar refractivity (Wildman–Crippen MR) is 50.2 cm³/mol. The zero-order valence-corrected chi connectivity index (χ0v) is 8.69. The summed E-state index contributed by atoms with van der Waals surface area (Å²) in [4.78, 5) is 0. The van der Waals surface area contributed by atoms with Crippen LogP contribution in [0.5, 0.6) is 0 Å². The molecule has 0 fully saturated rings. The highest BCUT2D eigenvalue weighted by atomic mass is 19.4. The Labute approximate surface area is 86.3 Å². The lowest BCUT2D eigenvalue weighted by Crippen LogP contribution is -2.25. The number of hydrogen-bond acceptors (Lipinski definition) is 2. The molecule has 0 aliphatic rings. The number of alkyl halides is 3. The van der Waals surface area contributed by atoms with Crippen molar-refractivity contribution in [2.24, 2.45) is 11.1 Å². The van der Waals surface area contributed by atoms with E-state index in [1.54, 1.807) is 0 Å². The van der Waals surface area contributed by atoms with Crippen molar-refractivity contribution >= 4 is 0 Å². The molecule has 1 heterocycles. The molecule has 5 heteroatoms. The summed E-state index contributed by atoms with van der Waals surface area (Å²) < 4.78 is 41.3. The minimum Gasteiger partial charge on any atom is -0.456 e. The Balaban J connectivity index is 2.78. The highest BCUT2D eigenvalue weighted by molar-refractivity contribution is 5.11. The van der Waals surface area contributed by atoms with Crippen LogP contribution < -0.4 is 5.73 Å². The smallest absolute Gasteiger partial charge is 0.449 e. The molecule has 0 spiro atoms. The molecular formula is C10H14F3NO. The quantitative estimate of drug-likeness (QED) is 0.852. The second kappa shape index (κ2) is 3.89. The van der Waals surface area contributed by atoms with Gasteiger partial charge in [0.2, 0.25) is 5.76 Å². The fraction of sp³-hybridized carbons (Fsp3) is 0.600. The van der Waals surface area contributed by atoms with Crippen molar-refractivity contribution in [2.45, 2.75) is 26.4 Å². The number of nitrogens with two attached hydrogens (primary N) is 1. The van der Waals surface area contributed by atoms with Gasteiger partial charge in [0, 0.05) is 6.42 Å². The van der Waals surface area contributed by atoms with Crippen LogP contribution in [0.2, 0.25) is 0 Å². The SMILES string of the molecule is CC(C)(CN)Cc1ccc(C(F)(F)F)o1. The third-order valence-corrected chi connectivity index (χ3v) is 2.15. The Hall–Kier alpha value is -0.970. The van der Waals surface area contributed by atoms with E-state index < -0.39 is 11.9 Å². The zero-order valence-electron chi connectivity index (χ0n) is 8.69. The van der Waals surface area contributed by atoms with Crippen LogP contribution in [-0.4, -0.2) is 6.54 Å². The molecule has 0 aromatic carbocycles. The normalized spacial score (nSPS) is 13.2. The van der Waals surface area contributed by atoms with E-state index in [0.717, 1.165) is 6.07 Å². The van der Waals surface area contributed by atoms with Crippen LogP contribution in [-0.2, 0) is 12.6 Å². The molecule has 0 atom stereocenters. The number of halogens is 3. The molecule has 0 saturated heterocycles. The Morgan fingerprint density at radius 2 is 1.87 bits per heavy atom. The molecule has 1 rings (SSSR count). The molecule has 0 aliphatic carbocycles. The monoisotopic (exact) mass is 221 g/mol. The van der Waals surface area contributed by atoms with Gasteiger partial charge < -0.3 is 10.2 Å². The summed E-state index contributed by atoms with van der Waals surface area (Å²) in [5.41, 5.74) is 5.23. The Bertz CT molecular complexity index is 328. The van der Waals surface area contributed by atoms with Gasteiger partial charge in [0.15, 0.2) is 0 Å². The van der Waals surface area contributed by atoms with Crippen molar-refractivity contribution in [1.82, 2.24) is 0 Å². The van der Waals surface area contributed by atoms with Gasteiger partial charge >= 0.3 is 6.18 Å². The minimum atomic E-state index is -4.41. The predicted octanol–water partition coefficient (Wildman–Crippen LogP) is 2.83. The molecule has 0 bridgehead atoms. The van der Waals surface area contributed by atoms with Gasteiger partial charge in [-0.15, -0.1) is 0 Å². The van der Waals surface area contributed by atoms with Gasteiger partial charge in [-0.05, 0) is 24.1 Å². The van der Waals surface area contributed by atoms with Crippen LogP contribution in [0.3, 0.4) is 0 Å².